The van der Waals surface area contributed by atoms with Crippen LogP contribution in [0.3, 0.4) is 0 Å². The van der Waals surface area contributed by atoms with Crippen molar-refractivity contribution in [3.05, 3.63) is 51.8 Å². The van der Waals surface area contributed by atoms with Crippen LogP contribution in [0.5, 0.6) is 0 Å². The molecule has 0 saturated carbocycles. The lowest BCUT2D eigenvalue weighted by molar-refractivity contribution is 0.516. The predicted octanol–water partition coefficient (Wildman–Crippen LogP) is 4.12. The molecule has 1 aromatic heterocycles. The van der Waals surface area contributed by atoms with Crippen molar-refractivity contribution in [3.63, 3.8) is 0 Å². The minimum atomic E-state index is 0.329. The molecule has 4 heteroatoms. The van der Waals surface area contributed by atoms with Crippen molar-refractivity contribution in [3.8, 4) is 0 Å². The van der Waals surface area contributed by atoms with E-state index in [1.54, 1.807) is 0 Å². The molecule has 2 aromatic rings. The van der Waals surface area contributed by atoms with Gasteiger partial charge in [0.15, 0.2) is 0 Å². The molecular weight excluding hydrogens is 326 g/mol. The first-order valence-electron chi connectivity index (χ1n) is 7.72. The highest BCUT2D eigenvalue weighted by atomic mass is 79.9. The van der Waals surface area contributed by atoms with Gasteiger partial charge in [-0.15, -0.1) is 0 Å². The molecule has 0 aliphatic rings. The van der Waals surface area contributed by atoms with Gasteiger partial charge in [0.2, 0.25) is 0 Å². The van der Waals surface area contributed by atoms with E-state index in [4.69, 9.17) is 0 Å². The molecule has 1 unspecified atom stereocenters. The zero-order valence-corrected chi connectivity index (χ0v) is 14.7. The van der Waals surface area contributed by atoms with E-state index in [2.05, 4.69) is 82.1 Å². The molecule has 1 N–H and O–H groups in total. The van der Waals surface area contributed by atoms with Gasteiger partial charge in [-0.05, 0) is 43.7 Å². The number of benzene rings is 1. The second-order valence-corrected chi connectivity index (χ2v) is 6.08. The van der Waals surface area contributed by atoms with Gasteiger partial charge in [0.25, 0.3) is 0 Å². The minimum absolute atomic E-state index is 0.329. The Kier molecular flexibility index (Phi) is 6.00. The number of aromatic nitrogens is 2. The average molecular weight is 350 g/mol. The standard InChI is InChI=1S/C17H24BrN3/c1-4-15-11-16(21(6-3)20-15)12-17(19-5-2)13-7-9-14(18)10-8-13/h7-11,17,19H,4-6,12H2,1-3H3. The van der Waals surface area contributed by atoms with Crippen LogP contribution in [0.25, 0.3) is 0 Å². The highest BCUT2D eigenvalue weighted by Gasteiger charge is 2.15. The Morgan fingerprint density at radius 2 is 1.90 bits per heavy atom. The Labute approximate surface area is 135 Å². The lowest BCUT2D eigenvalue weighted by atomic mass is 10.0. The topological polar surface area (TPSA) is 29.9 Å². The fourth-order valence-corrected chi connectivity index (χ4v) is 2.85. The van der Waals surface area contributed by atoms with Crippen LogP contribution in [0.1, 0.15) is 43.8 Å². The van der Waals surface area contributed by atoms with Crippen molar-refractivity contribution in [2.45, 2.75) is 46.2 Å². The van der Waals surface area contributed by atoms with Gasteiger partial charge in [-0.1, -0.05) is 41.9 Å². The average Bonchev–Trinajstić information content (AvgIpc) is 2.90. The van der Waals surface area contributed by atoms with Gasteiger partial charge in [0.05, 0.1) is 5.69 Å². The highest BCUT2D eigenvalue weighted by Crippen LogP contribution is 2.21. The number of rotatable bonds is 7. The molecule has 1 atom stereocenters. The van der Waals surface area contributed by atoms with Gasteiger partial charge >= 0.3 is 0 Å². The number of aryl methyl sites for hydroxylation is 2. The van der Waals surface area contributed by atoms with Crippen LogP contribution in [-0.4, -0.2) is 16.3 Å². The fourth-order valence-electron chi connectivity index (χ4n) is 2.58. The van der Waals surface area contributed by atoms with E-state index >= 15 is 0 Å². The molecule has 2 rings (SSSR count). The molecule has 3 nitrogen and oxygen atoms in total. The van der Waals surface area contributed by atoms with E-state index in [0.29, 0.717) is 6.04 Å². The zero-order chi connectivity index (χ0) is 15.2. The lowest BCUT2D eigenvalue weighted by Crippen LogP contribution is -2.24. The summed E-state index contributed by atoms with van der Waals surface area (Å²) in [6.45, 7) is 8.34. The van der Waals surface area contributed by atoms with Crippen molar-refractivity contribution in [2.24, 2.45) is 0 Å². The maximum absolute atomic E-state index is 4.65. The first-order chi connectivity index (χ1) is 10.2. The van der Waals surface area contributed by atoms with Crippen LogP contribution in [-0.2, 0) is 19.4 Å². The fraction of sp³-hybridized carbons (Fsp3) is 0.471. The summed E-state index contributed by atoms with van der Waals surface area (Å²) in [5.74, 6) is 0. The predicted molar refractivity (Wildman–Crippen MR) is 91.5 cm³/mol. The molecular formula is C17H24BrN3. The first-order valence-corrected chi connectivity index (χ1v) is 8.51. The Morgan fingerprint density at radius 1 is 1.19 bits per heavy atom. The molecule has 1 heterocycles. The summed E-state index contributed by atoms with van der Waals surface area (Å²) in [5.41, 5.74) is 3.81. The van der Waals surface area contributed by atoms with Crippen LogP contribution < -0.4 is 5.32 Å². The summed E-state index contributed by atoms with van der Waals surface area (Å²) in [4.78, 5) is 0. The molecule has 0 radical (unpaired) electrons. The van der Waals surface area contributed by atoms with E-state index < -0.39 is 0 Å². The Morgan fingerprint density at radius 3 is 2.48 bits per heavy atom. The molecule has 0 spiro atoms. The molecule has 0 amide bonds. The second kappa shape index (κ2) is 7.76. The molecule has 0 fully saturated rings. The van der Waals surface area contributed by atoms with Gasteiger partial charge in [-0.3, -0.25) is 4.68 Å². The van der Waals surface area contributed by atoms with Crippen molar-refractivity contribution < 1.29 is 0 Å². The van der Waals surface area contributed by atoms with Crippen molar-refractivity contribution >= 4 is 15.9 Å². The SMILES string of the molecule is CCNC(Cc1cc(CC)nn1CC)c1ccc(Br)cc1. The summed E-state index contributed by atoms with van der Waals surface area (Å²) in [7, 11) is 0. The van der Waals surface area contributed by atoms with E-state index in [1.165, 1.54) is 17.0 Å². The molecule has 1 aromatic carbocycles. The van der Waals surface area contributed by atoms with Crippen molar-refractivity contribution in [2.75, 3.05) is 6.54 Å². The Hall–Kier alpha value is -1.13. The lowest BCUT2D eigenvalue weighted by Gasteiger charge is -2.19. The summed E-state index contributed by atoms with van der Waals surface area (Å²) < 4.78 is 3.25. The maximum Gasteiger partial charge on any atom is 0.0624 e. The number of hydrogen-bond acceptors (Lipinski definition) is 2. The zero-order valence-electron chi connectivity index (χ0n) is 13.1. The highest BCUT2D eigenvalue weighted by molar-refractivity contribution is 9.10. The van der Waals surface area contributed by atoms with E-state index in [-0.39, 0.29) is 0 Å². The normalized spacial score (nSPS) is 12.6. The third-order valence-corrected chi connectivity index (χ3v) is 4.24. The quantitative estimate of drug-likeness (QED) is 0.814. The maximum atomic E-state index is 4.65. The molecule has 21 heavy (non-hydrogen) atoms. The van der Waals surface area contributed by atoms with Gasteiger partial charge in [-0.2, -0.15) is 5.10 Å². The summed E-state index contributed by atoms with van der Waals surface area (Å²) >= 11 is 3.50. The Balaban J connectivity index is 2.23. The monoisotopic (exact) mass is 349 g/mol. The second-order valence-electron chi connectivity index (χ2n) is 5.16. The smallest absolute Gasteiger partial charge is 0.0624 e. The van der Waals surface area contributed by atoms with E-state index in [0.717, 1.165) is 30.4 Å². The third kappa shape index (κ3) is 4.17. The number of likely N-dealkylation sites (N-methyl/N-ethyl adjacent to an activating group) is 1. The molecule has 0 aliphatic carbocycles. The first kappa shape index (κ1) is 16.2. The summed E-state index contributed by atoms with van der Waals surface area (Å²) in [5, 5.41) is 8.24. The van der Waals surface area contributed by atoms with Crippen LogP contribution in [0.4, 0.5) is 0 Å². The number of nitrogens with zero attached hydrogens (tertiary/aromatic N) is 2. The van der Waals surface area contributed by atoms with Gasteiger partial charge in [0, 0.05) is 29.2 Å². The van der Waals surface area contributed by atoms with Crippen LogP contribution in [0, 0.1) is 0 Å². The molecule has 0 bridgehead atoms. The van der Waals surface area contributed by atoms with Crippen LogP contribution in [0.15, 0.2) is 34.8 Å². The Bertz CT molecular complexity index is 560. The van der Waals surface area contributed by atoms with E-state index in [9.17, 15) is 0 Å². The van der Waals surface area contributed by atoms with Gasteiger partial charge in [-0.25, -0.2) is 0 Å². The van der Waals surface area contributed by atoms with E-state index in [1.807, 2.05) is 0 Å². The third-order valence-electron chi connectivity index (χ3n) is 3.71. The number of halogens is 1. The van der Waals surface area contributed by atoms with Crippen LogP contribution >= 0.6 is 15.9 Å². The largest absolute Gasteiger partial charge is 0.310 e. The summed E-state index contributed by atoms with van der Waals surface area (Å²) in [6.07, 6.45) is 1.96. The van der Waals surface area contributed by atoms with Gasteiger partial charge in [0.1, 0.15) is 0 Å². The summed E-state index contributed by atoms with van der Waals surface area (Å²) in [6, 6.07) is 11.2. The number of hydrogen-bond donors (Lipinski definition) is 1. The number of nitrogens with one attached hydrogen (secondary N) is 1. The minimum Gasteiger partial charge on any atom is -0.310 e. The molecule has 114 valence electrons. The van der Waals surface area contributed by atoms with Crippen molar-refractivity contribution in [1.82, 2.24) is 15.1 Å². The van der Waals surface area contributed by atoms with Crippen LogP contribution in [0.2, 0.25) is 0 Å². The van der Waals surface area contributed by atoms with Crippen molar-refractivity contribution in [1.29, 1.82) is 0 Å². The molecule has 0 aliphatic heterocycles. The molecule has 0 saturated heterocycles. The van der Waals surface area contributed by atoms with Gasteiger partial charge < -0.3 is 5.32 Å².